The standard InChI is InChI=1S/C25H29N3O6S2/c1-4-21-16(2)35-24(28-21)22(15-18-10-12-19(13-11-18)36(31,32)34-26)27-23(29)20(25(30)33-3)14-17-8-6-5-7-9-17/h5-13,20,22H,4,14-15,26H2,1-3H3,(H,27,29)/t20-,22-/m0/s1. The molecule has 192 valence electrons. The van der Waals surface area contributed by atoms with Gasteiger partial charge in [0.2, 0.25) is 5.91 Å². The molecular weight excluding hydrogens is 502 g/mol. The van der Waals surface area contributed by atoms with E-state index in [-0.39, 0.29) is 11.3 Å². The summed E-state index contributed by atoms with van der Waals surface area (Å²) in [4.78, 5) is 31.6. The normalized spacial score (nSPS) is 13.1. The highest BCUT2D eigenvalue weighted by Gasteiger charge is 2.31. The van der Waals surface area contributed by atoms with Gasteiger partial charge in [-0.1, -0.05) is 49.4 Å². The molecule has 0 aliphatic rings. The summed E-state index contributed by atoms with van der Waals surface area (Å²) in [5.41, 5.74) is 2.52. The number of amides is 1. The first-order valence-electron chi connectivity index (χ1n) is 11.3. The van der Waals surface area contributed by atoms with Crippen LogP contribution in [0.4, 0.5) is 0 Å². The van der Waals surface area contributed by atoms with Crippen LogP contribution in [0.15, 0.2) is 59.5 Å². The topological polar surface area (TPSA) is 138 Å². The third-order valence-corrected chi connectivity index (χ3v) is 7.95. The summed E-state index contributed by atoms with van der Waals surface area (Å²) in [6.07, 6.45) is 1.26. The molecule has 0 bridgehead atoms. The third kappa shape index (κ3) is 6.76. The van der Waals surface area contributed by atoms with Crippen LogP contribution in [0.2, 0.25) is 0 Å². The first-order chi connectivity index (χ1) is 17.2. The van der Waals surface area contributed by atoms with E-state index in [1.165, 1.54) is 30.6 Å². The first kappa shape index (κ1) is 27.5. The Hall–Kier alpha value is -3.12. The van der Waals surface area contributed by atoms with Gasteiger partial charge in [0, 0.05) is 4.88 Å². The van der Waals surface area contributed by atoms with E-state index < -0.39 is 34.0 Å². The van der Waals surface area contributed by atoms with Crippen LogP contribution in [-0.4, -0.2) is 32.4 Å². The summed E-state index contributed by atoms with van der Waals surface area (Å²) in [6, 6.07) is 14.7. The molecule has 0 aliphatic carbocycles. The lowest BCUT2D eigenvalue weighted by Gasteiger charge is -2.21. The van der Waals surface area contributed by atoms with E-state index in [1.807, 2.05) is 44.2 Å². The van der Waals surface area contributed by atoms with Crippen molar-refractivity contribution in [3.8, 4) is 0 Å². The second kappa shape index (κ2) is 12.2. The molecule has 36 heavy (non-hydrogen) atoms. The number of aryl methyl sites for hydroxylation is 2. The molecule has 3 N–H and O–H groups in total. The van der Waals surface area contributed by atoms with Crippen molar-refractivity contribution in [1.29, 1.82) is 0 Å². The number of methoxy groups -OCH3 is 1. The zero-order valence-corrected chi connectivity index (χ0v) is 21.9. The zero-order chi connectivity index (χ0) is 26.3. The van der Waals surface area contributed by atoms with Gasteiger partial charge in [-0.2, -0.15) is 18.6 Å². The number of benzene rings is 2. The Kier molecular flexibility index (Phi) is 9.32. The fourth-order valence-corrected chi connectivity index (χ4v) is 5.40. The molecule has 1 aromatic heterocycles. The van der Waals surface area contributed by atoms with Crippen molar-refractivity contribution >= 4 is 33.3 Å². The Morgan fingerprint density at radius 3 is 2.25 bits per heavy atom. The molecule has 2 aromatic carbocycles. The van der Waals surface area contributed by atoms with Crippen LogP contribution >= 0.6 is 11.3 Å². The Morgan fingerprint density at radius 2 is 1.69 bits per heavy atom. The minimum absolute atomic E-state index is 0.0821. The van der Waals surface area contributed by atoms with Crippen LogP contribution in [0.25, 0.3) is 0 Å². The molecule has 0 saturated heterocycles. The van der Waals surface area contributed by atoms with Crippen molar-refractivity contribution in [1.82, 2.24) is 10.3 Å². The summed E-state index contributed by atoms with van der Waals surface area (Å²) in [5.74, 6) is 2.71. The van der Waals surface area contributed by atoms with Crippen molar-refractivity contribution in [3.05, 3.63) is 81.3 Å². The molecule has 0 aliphatic heterocycles. The van der Waals surface area contributed by atoms with Gasteiger partial charge in [-0.05, 0) is 49.4 Å². The molecule has 0 unspecified atom stereocenters. The molecule has 11 heteroatoms. The highest BCUT2D eigenvalue weighted by atomic mass is 32.2. The van der Waals surface area contributed by atoms with Crippen LogP contribution in [-0.2, 0) is 48.0 Å². The lowest BCUT2D eigenvalue weighted by atomic mass is 9.97. The average Bonchev–Trinajstić information content (AvgIpc) is 3.27. The highest BCUT2D eigenvalue weighted by Crippen LogP contribution is 2.27. The van der Waals surface area contributed by atoms with Crippen molar-refractivity contribution in [3.63, 3.8) is 0 Å². The smallest absolute Gasteiger partial charge is 0.318 e. The fraction of sp³-hybridized carbons (Fsp3) is 0.320. The Labute approximate surface area is 214 Å². The maximum atomic E-state index is 13.4. The second-order valence-electron chi connectivity index (χ2n) is 8.13. The summed E-state index contributed by atoms with van der Waals surface area (Å²) in [5, 5.41) is 3.68. The summed E-state index contributed by atoms with van der Waals surface area (Å²) in [7, 11) is -2.77. The molecule has 2 atom stereocenters. The predicted octanol–water partition coefficient (Wildman–Crippen LogP) is 3.02. The van der Waals surface area contributed by atoms with E-state index in [2.05, 4.69) is 9.60 Å². The van der Waals surface area contributed by atoms with Gasteiger partial charge in [-0.3, -0.25) is 9.59 Å². The van der Waals surface area contributed by atoms with Gasteiger partial charge in [0.15, 0.2) is 0 Å². The van der Waals surface area contributed by atoms with Crippen LogP contribution in [0.3, 0.4) is 0 Å². The van der Waals surface area contributed by atoms with Crippen LogP contribution in [0, 0.1) is 12.8 Å². The van der Waals surface area contributed by atoms with Gasteiger partial charge >= 0.3 is 16.1 Å². The van der Waals surface area contributed by atoms with E-state index in [0.29, 0.717) is 11.4 Å². The van der Waals surface area contributed by atoms with E-state index >= 15 is 0 Å². The predicted molar refractivity (Wildman–Crippen MR) is 135 cm³/mol. The maximum absolute atomic E-state index is 13.4. The van der Waals surface area contributed by atoms with Gasteiger partial charge < -0.3 is 10.1 Å². The number of carbonyl (C=O) groups is 2. The van der Waals surface area contributed by atoms with Crippen LogP contribution in [0.1, 0.15) is 39.7 Å². The number of carbonyl (C=O) groups excluding carboxylic acids is 2. The SMILES string of the molecule is CCc1nc([C@H](Cc2ccc(S(=O)(=O)ON)cc2)NC(=O)[C@H](Cc2ccccc2)C(=O)OC)sc1C. The number of nitrogens with one attached hydrogen (secondary N) is 1. The van der Waals surface area contributed by atoms with Crippen LogP contribution in [0.5, 0.6) is 0 Å². The maximum Gasteiger partial charge on any atom is 0.318 e. The number of hydrogen-bond acceptors (Lipinski definition) is 9. The number of nitrogens with zero attached hydrogens (tertiary/aromatic N) is 1. The molecular formula is C25H29N3O6S2. The lowest BCUT2D eigenvalue weighted by Crippen LogP contribution is -2.40. The molecule has 0 fully saturated rings. The second-order valence-corrected chi connectivity index (χ2v) is 10.9. The number of aromatic nitrogens is 1. The van der Waals surface area contributed by atoms with Crippen LogP contribution < -0.4 is 11.2 Å². The Morgan fingerprint density at radius 1 is 1.06 bits per heavy atom. The molecule has 0 radical (unpaired) electrons. The number of thiazole rings is 1. The van der Waals surface area contributed by atoms with Gasteiger partial charge in [0.05, 0.1) is 23.7 Å². The monoisotopic (exact) mass is 531 g/mol. The molecule has 3 rings (SSSR count). The average molecular weight is 532 g/mol. The van der Waals surface area contributed by atoms with Crippen molar-refractivity contribution < 1.29 is 27.0 Å². The van der Waals surface area contributed by atoms with E-state index in [0.717, 1.165) is 28.1 Å². The molecule has 1 heterocycles. The molecule has 9 nitrogen and oxygen atoms in total. The van der Waals surface area contributed by atoms with Crippen molar-refractivity contribution in [2.45, 2.75) is 44.0 Å². The summed E-state index contributed by atoms with van der Waals surface area (Å²) >= 11 is 1.47. The van der Waals surface area contributed by atoms with E-state index in [1.54, 1.807) is 12.1 Å². The van der Waals surface area contributed by atoms with Crippen molar-refractivity contribution in [2.75, 3.05) is 7.11 Å². The van der Waals surface area contributed by atoms with E-state index in [4.69, 9.17) is 15.6 Å². The van der Waals surface area contributed by atoms with Crippen molar-refractivity contribution in [2.24, 2.45) is 11.8 Å². The molecule has 1 amide bonds. The van der Waals surface area contributed by atoms with Gasteiger partial charge in [-0.15, -0.1) is 11.3 Å². The minimum Gasteiger partial charge on any atom is -0.468 e. The largest absolute Gasteiger partial charge is 0.468 e. The number of ether oxygens (including phenoxy) is 1. The lowest BCUT2D eigenvalue weighted by molar-refractivity contribution is -0.150. The minimum atomic E-state index is -4.03. The quantitative estimate of drug-likeness (QED) is 0.219. The first-order valence-corrected chi connectivity index (χ1v) is 13.5. The van der Waals surface area contributed by atoms with Gasteiger partial charge in [0.25, 0.3) is 0 Å². The summed E-state index contributed by atoms with van der Waals surface area (Å²) in [6.45, 7) is 3.98. The third-order valence-electron chi connectivity index (χ3n) is 5.72. The van der Waals surface area contributed by atoms with E-state index in [9.17, 15) is 18.0 Å². The fourth-order valence-electron chi connectivity index (χ4n) is 3.76. The Balaban J connectivity index is 1.89. The number of esters is 1. The highest BCUT2D eigenvalue weighted by molar-refractivity contribution is 7.86. The molecule has 0 saturated carbocycles. The van der Waals surface area contributed by atoms with Gasteiger partial charge in [0.1, 0.15) is 10.9 Å². The number of rotatable bonds is 11. The number of nitrogens with two attached hydrogens (primary N) is 1. The number of hydrogen-bond donors (Lipinski definition) is 2. The van der Waals surface area contributed by atoms with Gasteiger partial charge in [-0.25, -0.2) is 4.98 Å². The summed E-state index contributed by atoms with van der Waals surface area (Å²) < 4.78 is 32.7. The molecule has 0 spiro atoms. The molecule has 3 aromatic rings. The Bertz CT molecular complexity index is 1290. The zero-order valence-electron chi connectivity index (χ0n) is 20.3.